The number of hydrogen-bond acceptors (Lipinski definition) is 3. The van der Waals surface area contributed by atoms with Gasteiger partial charge in [-0.2, -0.15) is 0 Å². The Labute approximate surface area is 118 Å². The molecule has 0 radical (unpaired) electrons. The number of carbonyl (C=O) groups is 1. The maximum atomic E-state index is 12.4. The zero-order valence-corrected chi connectivity index (χ0v) is 11.3. The van der Waals surface area contributed by atoms with Crippen LogP contribution in [0.2, 0.25) is 0 Å². The molecule has 1 aromatic heterocycles. The molecule has 4 heteroatoms. The van der Waals surface area contributed by atoms with Crippen molar-refractivity contribution >= 4 is 11.6 Å². The van der Waals surface area contributed by atoms with Crippen molar-refractivity contribution in [2.45, 2.75) is 19.4 Å². The largest absolute Gasteiger partial charge is 0.482 e. The van der Waals surface area contributed by atoms with E-state index in [-0.39, 0.29) is 18.6 Å². The van der Waals surface area contributed by atoms with E-state index in [1.807, 2.05) is 23.1 Å². The van der Waals surface area contributed by atoms with Crippen molar-refractivity contribution in [1.82, 2.24) is 4.98 Å². The second-order valence-corrected chi connectivity index (χ2v) is 4.92. The Morgan fingerprint density at radius 1 is 1.35 bits per heavy atom. The maximum Gasteiger partial charge on any atom is 0.265 e. The lowest BCUT2D eigenvalue weighted by Crippen LogP contribution is -2.39. The first-order chi connectivity index (χ1) is 9.75. The molecular weight excluding hydrogens is 252 g/mol. The molecule has 0 spiro atoms. The summed E-state index contributed by atoms with van der Waals surface area (Å²) in [6, 6.07) is 11.8. The molecule has 1 unspecified atom stereocenters. The SMILES string of the molecule is CC1Cc2ccccc2N1C(=O)COc1cccnc1. The fraction of sp³-hybridized carbons (Fsp3) is 0.250. The molecule has 102 valence electrons. The summed E-state index contributed by atoms with van der Waals surface area (Å²) >= 11 is 0. The average molecular weight is 268 g/mol. The molecule has 0 N–H and O–H groups in total. The Balaban J connectivity index is 1.71. The van der Waals surface area contributed by atoms with Crippen LogP contribution in [-0.4, -0.2) is 23.5 Å². The topological polar surface area (TPSA) is 42.4 Å². The first-order valence-corrected chi connectivity index (χ1v) is 6.68. The number of carbonyl (C=O) groups excluding carboxylic acids is 1. The number of nitrogens with zero attached hydrogens (tertiary/aromatic N) is 2. The van der Waals surface area contributed by atoms with Gasteiger partial charge in [-0.3, -0.25) is 9.78 Å². The minimum Gasteiger partial charge on any atom is -0.482 e. The van der Waals surface area contributed by atoms with E-state index in [2.05, 4.69) is 18.0 Å². The second kappa shape index (κ2) is 5.33. The fourth-order valence-electron chi connectivity index (χ4n) is 2.59. The quantitative estimate of drug-likeness (QED) is 0.858. The molecule has 0 bridgehead atoms. The van der Waals surface area contributed by atoms with Gasteiger partial charge in [0.05, 0.1) is 6.20 Å². The van der Waals surface area contributed by atoms with Gasteiger partial charge in [-0.15, -0.1) is 0 Å². The highest BCUT2D eigenvalue weighted by atomic mass is 16.5. The molecule has 0 saturated heterocycles. The average Bonchev–Trinajstić information content (AvgIpc) is 2.82. The van der Waals surface area contributed by atoms with E-state index in [9.17, 15) is 4.79 Å². The van der Waals surface area contributed by atoms with Crippen LogP contribution < -0.4 is 9.64 Å². The van der Waals surface area contributed by atoms with Gasteiger partial charge in [0, 0.05) is 17.9 Å². The molecule has 4 nitrogen and oxygen atoms in total. The van der Waals surface area contributed by atoms with Crippen molar-refractivity contribution < 1.29 is 9.53 Å². The third-order valence-electron chi connectivity index (χ3n) is 3.47. The van der Waals surface area contributed by atoms with Crippen molar-refractivity contribution in [3.8, 4) is 5.75 Å². The Bertz CT molecular complexity index is 613. The van der Waals surface area contributed by atoms with Crippen LogP contribution in [0.25, 0.3) is 0 Å². The van der Waals surface area contributed by atoms with Crippen LogP contribution in [0, 0.1) is 0 Å². The van der Waals surface area contributed by atoms with Gasteiger partial charge >= 0.3 is 0 Å². The summed E-state index contributed by atoms with van der Waals surface area (Å²) < 4.78 is 5.49. The van der Waals surface area contributed by atoms with E-state index < -0.39 is 0 Å². The fourth-order valence-corrected chi connectivity index (χ4v) is 2.59. The standard InChI is InChI=1S/C16H16N2O2/c1-12-9-13-5-2-3-7-15(13)18(12)16(19)11-20-14-6-4-8-17-10-14/h2-8,10,12H,9,11H2,1H3. The van der Waals surface area contributed by atoms with E-state index in [1.54, 1.807) is 24.5 Å². The summed E-state index contributed by atoms with van der Waals surface area (Å²) in [5.74, 6) is 0.590. The van der Waals surface area contributed by atoms with Crippen LogP contribution in [0.3, 0.4) is 0 Å². The lowest BCUT2D eigenvalue weighted by Gasteiger charge is -2.22. The number of aromatic nitrogens is 1. The van der Waals surface area contributed by atoms with Gasteiger partial charge in [-0.25, -0.2) is 0 Å². The van der Waals surface area contributed by atoms with Crippen molar-refractivity contribution in [1.29, 1.82) is 0 Å². The predicted octanol–water partition coefficient (Wildman–Crippen LogP) is 2.44. The summed E-state index contributed by atoms with van der Waals surface area (Å²) in [6.45, 7) is 2.09. The van der Waals surface area contributed by atoms with Crippen molar-refractivity contribution in [3.63, 3.8) is 0 Å². The van der Waals surface area contributed by atoms with E-state index in [0.717, 1.165) is 12.1 Å². The number of amides is 1. The van der Waals surface area contributed by atoms with Gasteiger partial charge in [0.25, 0.3) is 5.91 Å². The number of pyridine rings is 1. The summed E-state index contributed by atoms with van der Waals surface area (Å²) in [4.78, 5) is 18.2. The predicted molar refractivity (Wildman–Crippen MR) is 76.8 cm³/mol. The van der Waals surface area contributed by atoms with Gasteiger partial charge in [-0.1, -0.05) is 18.2 Å². The normalized spacial score (nSPS) is 16.9. The van der Waals surface area contributed by atoms with Crippen LogP contribution in [0.1, 0.15) is 12.5 Å². The lowest BCUT2D eigenvalue weighted by molar-refractivity contribution is -0.120. The minimum atomic E-state index is -0.0219. The number of fused-ring (bicyclic) bond motifs is 1. The molecule has 3 rings (SSSR count). The van der Waals surface area contributed by atoms with Gasteiger partial charge in [0.1, 0.15) is 5.75 Å². The number of para-hydroxylation sites is 1. The Morgan fingerprint density at radius 3 is 3.00 bits per heavy atom. The van der Waals surface area contributed by atoms with E-state index in [4.69, 9.17) is 4.74 Å². The second-order valence-electron chi connectivity index (χ2n) is 4.92. The van der Waals surface area contributed by atoms with Gasteiger partial charge in [0.15, 0.2) is 6.61 Å². The third-order valence-corrected chi connectivity index (χ3v) is 3.47. The van der Waals surface area contributed by atoms with Crippen LogP contribution in [0.5, 0.6) is 5.75 Å². The van der Waals surface area contributed by atoms with E-state index in [0.29, 0.717) is 5.75 Å². The Kier molecular flexibility index (Phi) is 3.37. The maximum absolute atomic E-state index is 12.4. The first kappa shape index (κ1) is 12.7. The van der Waals surface area contributed by atoms with Gasteiger partial charge < -0.3 is 9.64 Å². The molecule has 1 aromatic carbocycles. The number of ether oxygens (including phenoxy) is 1. The minimum absolute atomic E-state index is 0.0219. The molecular formula is C16H16N2O2. The molecule has 1 aliphatic rings. The molecule has 1 amide bonds. The number of benzene rings is 1. The summed E-state index contributed by atoms with van der Waals surface area (Å²) in [6.07, 6.45) is 4.18. The van der Waals surface area contributed by atoms with Crippen LogP contribution in [-0.2, 0) is 11.2 Å². The van der Waals surface area contributed by atoms with Crippen molar-refractivity contribution in [3.05, 3.63) is 54.4 Å². The highest BCUT2D eigenvalue weighted by Gasteiger charge is 2.30. The molecule has 0 aliphatic carbocycles. The third kappa shape index (κ3) is 2.37. The van der Waals surface area contributed by atoms with Crippen LogP contribution in [0.15, 0.2) is 48.8 Å². The van der Waals surface area contributed by atoms with Crippen LogP contribution in [0.4, 0.5) is 5.69 Å². The van der Waals surface area contributed by atoms with Gasteiger partial charge in [0.2, 0.25) is 0 Å². The number of rotatable bonds is 3. The highest BCUT2D eigenvalue weighted by Crippen LogP contribution is 2.31. The summed E-state index contributed by atoms with van der Waals surface area (Å²) in [5.41, 5.74) is 2.22. The molecule has 1 aliphatic heterocycles. The molecule has 2 heterocycles. The highest BCUT2D eigenvalue weighted by molar-refractivity contribution is 5.97. The van der Waals surface area contributed by atoms with Gasteiger partial charge in [-0.05, 0) is 37.1 Å². The Morgan fingerprint density at radius 2 is 2.20 bits per heavy atom. The number of hydrogen-bond donors (Lipinski definition) is 0. The summed E-state index contributed by atoms with van der Waals surface area (Å²) in [7, 11) is 0. The van der Waals surface area contributed by atoms with E-state index >= 15 is 0 Å². The molecule has 2 aromatic rings. The van der Waals surface area contributed by atoms with Crippen molar-refractivity contribution in [2.24, 2.45) is 0 Å². The zero-order valence-electron chi connectivity index (χ0n) is 11.3. The monoisotopic (exact) mass is 268 g/mol. The lowest BCUT2D eigenvalue weighted by atomic mass is 10.1. The molecule has 1 atom stereocenters. The number of anilines is 1. The van der Waals surface area contributed by atoms with Crippen molar-refractivity contribution in [2.75, 3.05) is 11.5 Å². The zero-order chi connectivity index (χ0) is 13.9. The molecule has 20 heavy (non-hydrogen) atoms. The van der Waals surface area contributed by atoms with E-state index in [1.165, 1.54) is 5.56 Å². The van der Waals surface area contributed by atoms with Crippen LogP contribution >= 0.6 is 0 Å². The first-order valence-electron chi connectivity index (χ1n) is 6.68. The Hall–Kier alpha value is -2.36. The molecule has 0 saturated carbocycles. The smallest absolute Gasteiger partial charge is 0.265 e. The molecule has 0 fully saturated rings. The summed E-state index contributed by atoms with van der Waals surface area (Å²) in [5, 5.41) is 0.